The Labute approximate surface area is 193 Å². The molecule has 1 aliphatic carbocycles. The molecule has 1 N–H and O–H groups in total. The van der Waals surface area contributed by atoms with Crippen LogP contribution in [0.15, 0.2) is 72.9 Å². The lowest BCUT2D eigenvalue weighted by Crippen LogP contribution is -2.47. The van der Waals surface area contributed by atoms with E-state index in [0.717, 1.165) is 25.7 Å². The van der Waals surface area contributed by atoms with Crippen molar-refractivity contribution < 1.29 is 14.0 Å². The Morgan fingerprint density at radius 1 is 1.00 bits per heavy atom. The summed E-state index contributed by atoms with van der Waals surface area (Å²) in [4.78, 5) is 33.0. The zero-order chi connectivity index (χ0) is 23.2. The van der Waals surface area contributed by atoms with Gasteiger partial charge in [0.2, 0.25) is 5.91 Å². The number of halogens is 1. The number of nitrogens with one attached hydrogen (secondary N) is 1. The van der Waals surface area contributed by atoms with E-state index in [1.807, 2.05) is 30.3 Å². The van der Waals surface area contributed by atoms with E-state index < -0.39 is 17.8 Å². The molecule has 0 aliphatic heterocycles. The molecule has 3 aromatic rings. The molecule has 33 heavy (non-hydrogen) atoms. The molecule has 2 aromatic carbocycles. The Kier molecular flexibility index (Phi) is 7.13. The molecule has 5 nitrogen and oxygen atoms in total. The highest BCUT2D eigenvalue weighted by atomic mass is 19.1. The lowest BCUT2D eigenvalue weighted by Gasteiger charge is -2.33. The van der Waals surface area contributed by atoms with Crippen LogP contribution in [0, 0.1) is 12.7 Å². The first-order valence-electron chi connectivity index (χ1n) is 11.4. The molecule has 1 fully saturated rings. The maximum atomic E-state index is 14.6. The van der Waals surface area contributed by atoms with Gasteiger partial charge in [0.1, 0.15) is 17.6 Å². The lowest BCUT2D eigenvalue weighted by molar-refractivity contribution is -0.123. The smallest absolute Gasteiger partial charge is 0.277 e. The highest BCUT2D eigenvalue weighted by molar-refractivity contribution is 6.09. The minimum absolute atomic E-state index is 0.0685. The Bertz CT molecular complexity index is 1100. The summed E-state index contributed by atoms with van der Waals surface area (Å²) in [5.74, 6) is -1.18. The topological polar surface area (TPSA) is 62.3 Å². The van der Waals surface area contributed by atoms with Gasteiger partial charge in [-0.15, -0.1) is 0 Å². The van der Waals surface area contributed by atoms with Crippen LogP contribution >= 0.6 is 0 Å². The van der Waals surface area contributed by atoms with Crippen molar-refractivity contribution in [1.82, 2.24) is 10.3 Å². The molecule has 1 saturated carbocycles. The highest BCUT2D eigenvalue weighted by Crippen LogP contribution is 2.31. The number of benzene rings is 2. The van der Waals surface area contributed by atoms with Crippen LogP contribution in [0.25, 0.3) is 0 Å². The fourth-order valence-corrected chi connectivity index (χ4v) is 4.31. The van der Waals surface area contributed by atoms with Gasteiger partial charge in [0.05, 0.1) is 0 Å². The third kappa shape index (κ3) is 5.28. The van der Waals surface area contributed by atoms with Crippen molar-refractivity contribution in [2.45, 2.75) is 51.1 Å². The van der Waals surface area contributed by atoms with Gasteiger partial charge in [-0.2, -0.15) is 0 Å². The monoisotopic (exact) mass is 445 g/mol. The molecule has 1 atom stereocenters. The number of aryl methyl sites for hydroxylation is 1. The van der Waals surface area contributed by atoms with E-state index in [1.54, 1.807) is 37.3 Å². The van der Waals surface area contributed by atoms with Crippen molar-refractivity contribution in [3.05, 3.63) is 95.6 Å². The van der Waals surface area contributed by atoms with Crippen molar-refractivity contribution in [2.75, 3.05) is 4.90 Å². The first-order chi connectivity index (χ1) is 16.0. The second-order valence-electron chi connectivity index (χ2n) is 8.48. The van der Waals surface area contributed by atoms with Gasteiger partial charge in [0, 0.05) is 17.9 Å². The minimum Gasteiger partial charge on any atom is -0.351 e. The molecule has 4 rings (SSSR count). The number of carbonyl (C=O) groups excluding carboxylic acids is 2. The van der Waals surface area contributed by atoms with Crippen LogP contribution in [0.5, 0.6) is 0 Å². The highest BCUT2D eigenvalue weighted by Gasteiger charge is 2.35. The third-order valence-electron chi connectivity index (χ3n) is 6.11. The average Bonchev–Trinajstić information content (AvgIpc) is 2.85. The number of nitrogens with zero attached hydrogens (tertiary/aromatic N) is 2. The maximum Gasteiger partial charge on any atom is 0.277 e. The average molecular weight is 446 g/mol. The van der Waals surface area contributed by atoms with Crippen LogP contribution < -0.4 is 10.2 Å². The van der Waals surface area contributed by atoms with Gasteiger partial charge in [-0.25, -0.2) is 4.39 Å². The predicted molar refractivity (Wildman–Crippen MR) is 126 cm³/mol. The maximum absolute atomic E-state index is 14.6. The first kappa shape index (κ1) is 22.6. The second-order valence-corrected chi connectivity index (χ2v) is 8.48. The van der Waals surface area contributed by atoms with Gasteiger partial charge >= 0.3 is 0 Å². The second kappa shape index (κ2) is 10.4. The summed E-state index contributed by atoms with van der Waals surface area (Å²) in [7, 11) is 0. The lowest BCUT2D eigenvalue weighted by atomic mass is 9.94. The Balaban J connectivity index is 1.80. The Morgan fingerprint density at radius 2 is 1.73 bits per heavy atom. The predicted octanol–water partition coefficient (Wildman–Crippen LogP) is 5.37. The molecular formula is C27H28FN3O2. The molecular weight excluding hydrogens is 417 g/mol. The van der Waals surface area contributed by atoms with Crippen LogP contribution in [0.2, 0.25) is 0 Å². The normalized spacial score (nSPS) is 15.0. The summed E-state index contributed by atoms with van der Waals surface area (Å²) < 4.78 is 14.6. The number of anilines is 1. The van der Waals surface area contributed by atoms with Gasteiger partial charge < -0.3 is 5.32 Å². The number of pyridine rings is 1. The van der Waals surface area contributed by atoms with Gasteiger partial charge in [-0.3, -0.25) is 19.5 Å². The molecule has 0 spiro atoms. The third-order valence-corrected chi connectivity index (χ3v) is 6.11. The van der Waals surface area contributed by atoms with Crippen molar-refractivity contribution in [2.24, 2.45) is 0 Å². The van der Waals surface area contributed by atoms with E-state index in [4.69, 9.17) is 0 Å². The van der Waals surface area contributed by atoms with Crippen LogP contribution in [-0.4, -0.2) is 22.8 Å². The van der Waals surface area contributed by atoms with E-state index in [-0.39, 0.29) is 17.6 Å². The number of aromatic nitrogens is 1. The Morgan fingerprint density at radius 3 is 2.39 bits per heavy atom. The SMILES string of the molecule is Cc1ccc(N(C(=O)c2ccccn2)[C@@H](C(=O)NC2CCCCC2)c2ccccc2)cc1F. The summed E-state index contributed by atoms with van der Waals surface area (Å²) in [5.41, 5.74) is 1.61. The summed E-state index contributed by atoms with van der Waals surface area (Å²) in [6.45, 7) is 1.66. The van der Waals surface area contributed by atoms with E-state index in [2.05, 4.69) is 10.3 Å². The summed E-state index contributed by atoms with van der Waals surface area (Å²) >= 11 is 0. The molecule has 0 saturated heterocycles. The quantitative estimate of drug-likeness (QED) is 0.555. The van der Waals surface area contributed by atoms with Crippen LogP contribution in [0.4, 0.5) is 10.1 Å². The molecule has 0 bridgehead atoms. The van der Waals surface area contributed by atoms with Crippen molar-refractivity contribution in [3.8, 4) is 0 Å². The molecule has 1 heterocycles. The van der Waals surface area contributed by atoms with E-state index in [1.165, 1.54) is 23.6 Å². The zero-order valence-electron chi connectivity index (χ0n) is 18.7. The zero-order valence-corrected chi connectivity index (χ0v) is 18.7. The molecule has 1 aromatic heterocycles. The van der Waals surface area contributed by atoms with Gasteiger partial charge in [0.25, 0.3) is 5.91 Å². The number of carbonyl (C=O) groups is 2. The van der Waals surface area contributed by atoms with Crippen molar-refractivity contribution in [3.63, 3.8) is 0 Å². The summed E-state index contributed by atoms with van der Waals surface area (Å²) in [6.07, 6.45) is 6.67. The van der Waals surface area contributed by atoms with Gasteiger partial charge in [-0.1, -0.05) is 61.7 Å². The van der Waals surface area contributed by atoms with Crippen LogP contribution in [-0.2, 0) is 4.79 Å². The van der Waals surface area contributed by atoms with Crippen LogP contribution in [0.3, 0.4) is 0 Å². The molecule has 1 aliphatic rings. The fraction of sp³-hybridized carbons (Fsp3) is 0.296. The van der Waals surface area contributed by atoms with Crippen molar-refractivity contribution in [1.29, 1.82) is 0 Å². The van der Waals surface area contributed by atoms with Crippen molar-refractivity contribution >= 4 is 17.5 Å². The fourth-order valence-electron chi connectivity index (χ4n) is 4.31. The Hall–Kier alpha value is -3.54. The molecule has 6 heteroatoms. The number of hydrogen-bond acceptors (Lipinski definition) is 3. The standard InChI is InChI=1S/C27H28FN3O2/c1-19-15-16-22(18-23(19)28)31(27(33)24-14-8-9-17-29-24)25(20-10-4-2-5-11-20)26(32)30-21-12-6-3-7-13-21/h2,4-5,8-11,14-18,21,25H,3,6-7,12-13H2,1H3,(H,30,32)/t25-/m1/s1. The number of amides is 2. The number of hydrogen-bond donors (Lipinski definition) is 1. The van der Waals surface area contributed by atoms with E-state index in [0.29, 0.717) is 16.8 Å². The largest absolute Gasteiger partial charge is 0.351 e. The summed E-state index contributed by atoms with van der Waals surface area (Å²) in [5, 5.41) is 3.15. The van der Waals surface area contributed by atoms with E-state index in [9.17, 15) is 14.0 Å². The molecule has 0 radical (unpaired) electrons. The molecule has 0 unspecified atom stereocenters. The summed E-state index contributed by atoms with van der Waals surface area (Å²) in [6, 6.07) is 17.9. The van der Waals surface area contributed by atoms with E-state index >= 15 is 0 Å². The minimum atomic E-state index is -0.968. The first-order valence-corrected chi connectivity index (χ1v) is 11.4. The molecule has 170 valence electrons. The van der Waals surface area contributed by atoms with Gasteiger partial charge in [0.15, 0.2) is 0 Å². The van der Waals surface area contributed by atoms with Crippen LogP contribution in [0.1, 0.15) is 59.8 Å². The number of rotatable bonds is 6. The molecule has 2 amide bonds. The van der Waals surface area contributed by atoms with Gasteiger partial charge in [-0.05, 0) is 55.2 Å².